The molecule has 2 aromatic rings. The number of aliphatic hydroxyl groups excluding tert-OH is 1. The molecule has 2 rings (SSSR count). The van der Waals surface area contributed by atoms with Crippen molar-refractivity contribution in [3.05, 3.63) is 63.4 Å². The minimum absolute atomic E-state index is 0.151. The molecule has 1 heterocycles. The second kappa shape index (κ2) is 5.66. The molecule has 0 saturated carbocycles. The fourth-order valence-corrected chi connectivity index (χ4v) is 2.30. The van der Waals surface area contributed by atoms with Crippen molar-refractivity contribution in [1.29, 1.82) is 0 Å². The molecule has 1 atom stereocenters. The topological polar surface area (TPSA) is 33.1 Å². The normalized spacial score (nSPS) is 13.3. The van der Waals surface area contributed by atoms with Crippen LogP contribution in [0.4, 0.5) is 13.2 Å². The monoisotopic (exact) mass is 315 g/mol. The molecule has 21 heavy (non-hydrogen) atoms. The highest BCUT2D eigenvalue weighted by Gasteiger charge is 2.33. The average Bonchev–Trinajstić information content (AvgIpc) is 2.40. The molecule has 6 heteroatoms. The minimum Gasteiger partial charge on any atom is -0.384 e. The molecule has 0 spiro atoms. The Morgan fingerprint density at radius 2 is 1.76 bits per heavy atom. The predicted octanol–water partition coefficient (Wildman–Crippen LogP) is 4.45. The maximum absolute atomic E-state index is 12.6. The Kier molecular flexibility index (Phi) is 4.25. The molecule has 0 fully saturated rings. The lowest BCUT2D eigenvalue weighted by molar-refractivity contribution is -0.141. The first-order chi connectivity index (χ1) is 9.71. The molecule has 0 aliphatic rings. The third kappa shape index (κ3) is 3.19. The van der Waals surface area contributed by atoms with Gasteiger partial charge in [-0.1, -0.05) is 35.9 Å². The lowest BCUT2D eigenvalue weighted by atomic mass is 9.95. The van der Waals surface area contributed by atoms with Crippen LogP contribution < -0.4 is 0 Å². The Morgan fingerprint density at radius 1 is 1.10 bits per heavy atom. The van der Waals surface area contributed by atoms with Crippen molar-refractivity contribution in [2.75, 3.05) is 0 Å². The molecule has 2 nitrogen and oxygen atoms in total. The summed E-state index contributed by atoms with van der Waals surface area (Å²) in [6.07, 6.45) is -5.68. The number of aryl methyl sites for hydroxylation is 1. The van der Waals surface area contributed by atoms with E-state index in [9.17, 15) is 18.3 Å². The summed E-state index contributed by atoms with van der Waals surface area (Å²) in [7, 11) is 0. The Morgan fingerprint density at radius 3 is 2.33 bits per heavy atom. The second-order valence-electron chi connectivity index (χ2n) is 4.77. The maximum atomic E-state index is 12.6. The largest absolute Gasteiger partial charge is 0.433 e. The number of halogens is 4. The molecule has 0 aliphatic heterocycles. The summed E-state index contributed by atoms with van der Waals surface area (Å²) in [4.78, 5) is 3.32. The quantitative estimate of drug-likeness (QED) is 0.830. The van der Waals surface area contributed by atoms with Crippen LogP contribution >= 0.6 is 11.6 Å². The number of pyridine rings is 1. The van der Waals surface area contributed by atoms with Crippen LogP contribution in [-0.2, 0) is 6.18 Å². The number of rotatable bonds is 2. The molecule has 1 aromatic carbocycles. The summed E-state index contributed by atoms with van der Waals surface area (Å²) >= 11 is 5.80. The summed E-state index contributed by atoms with van der Waals surface area (Å²) in [6.45, 7) is 3.72. The van der Waals surface area contributed by atoms with Gasteiger partial charge in [0, 0.05) is 5.56 Å². The first kappa shape index (κ1) is 15.8. The smallest absolute Gasteiger partial charge is 0.384 e. The van der Waals surface area contributed by atoms with Crippen LogP contribution in [0, 0.1) is 13.8 Å². The van der Waals surface area contributed by atoms with Crippen molar-refractivity contribution in [3.63, 3.8) is 0 Å². The van der Waals surface area contributed by atoms with Crippen molar-refractivity contribution in [1.82, 2.24) is 4.98 Å². The van der Waals surface area contributed by atoms with Crippen molar-refractivity contribution in [3.8, 4) is 0 Å². The van der Waals surface area contributed by atoms with Gasteiger partial charge in [0.2, 0.25) is 0 Å². The summed E-state index contributed by atoms with van der Waals surface area (Å²) in [6, 6.07) is 7.34. The first-order valence-corrected chi connectivity index (χ1v) is 6.57. The summed E-state index contributed by atoms with van der Waals surface area (Å²) in [5, 5.41) is 10.0. The fraction of sp³-hybridized carbons (Fsp3) is 0.267. The Balaban J connectivity index is 2.45. The van der Waals surface area contributed by atoms with Crippen molar-refractivity contribution in [2.24, 2.45) is 0 Å². The number of nitrogens with zero attached hydrogens (tertiary/aromatic N) is 1. The van der Waals surface area contributed by atoms with E-state index in [1.807, 2.05) is 19.9 Å². The number of aliphatic hydroxyl groups is 1. The van der Waals surface area contributed by atoms with E-state index in [0.29, 0.717) is 5.56 Å². The predicted molar refractivity (Wildman–Crippen MR) is 74.2 cm³/mol. The standard InChI is InChI=1S/C15H13ClF3NO/c1-8-4-3-5-10(9(8)2)13(21)11-6-7-12(15(17,18)19)20-14(11)16/h3-7,13,21H,1-2H3. The van der Waals surface area contributed by atoms with E-state index in [2.05, 4.69) is 4.98 Å². The van der Waals surface area contributed by atoms with E-state index in [1.54, 1.807) is 12.1 Å². The van der Waals surface area contributed by atoms with E-state index >= 15 is 0 Å². The van der Waals surface area contributed by atoms with Gasteiger partial charge in [0.25, 0.3) is 0 Å². The number of hydrogen-bond donors (Lipinski definition) is 1. The molecule has 1 N–H and O–H groups in total. The van der Waals surface area contributed by atoms with E-state index in [-0.39, 0.29) is 10.7 Å². The van der Waals surface area contributed by atoms with Gasteiger partial charge < -0.3 is 5.11 Å². The molecule has 0 saturated heterocycles. The summed E-state index contributed by atoms with van der Waals surface area (Å²) in [5.74, 6) is 0. The molecule has 0 bridgehead atoms. The average molecular weight is 316 g/mol. The van der Waals surface area contributed by atoms with E-state index in [0.717, 1.165) is 23.3 Å². The molecular weight excluding hydrogens is 303 g/mol. The van der Waals surface area contributed by atoms with Crippen LogP contribution in [0.3, 0.4) is 0 Å². The van der Waals surface area contributed by atoms with Gasteiger partial charge >= 0.3 is 6.18 Å². The zero-order chi connectivity index (χ0) is 15.8. The number of benzene rings is 1. The molecule has 0 aliphatic carbocycles. The van der Waals surface area contributed by atoms with Gasteiger partial charge in [-0.3, -0.25) is 0 Å². The van der Waals surface area contributed by atoms with Crippen LogP contribution in [0.1, 0.15) is 34.1 Å². The molecule has 0 radical (unpaired) electrons. The Hall–Kier alpha value is -1.59. The third-order valence-corrected chi connectivity index (χ3v) is 3.71. The van der Waals surface area contributed by atoms with Gasteiger partial charge in [-0.15, -0.1) is 0 Å². The van der Waals surface area contributed by atoms with Crippen LogP contribution in [0.2, 0.25) is 5.15 Å². The Labute approximate surface area is 125 Å². The molecule has 112 valence electrons. The zero-order valence-electron chi connectivity index (χ0n) is 11.4. The van der Waals surface area contributed by atoms with Crippen LogP contribution in [-0.4, -0.2) is 10.1 Å². The summed E-state index contributed by atoms with van der Waals surface area (Å²) < 4.78 is 37.7. The van der Waals surface area contributed by atoms with E-state index in [4.69, 9.17) is 11.6 Å². The minimum atomic E-state index is -4.56. The Bertz CT molecular complexity index is 670. The third-order valence-electron chi connectivity index (χ3n) is 3.40. The van der Waals surface area contributed by atoms with Crippen LogP contribution in [0.15, 0.2) is 30.3 Å². The maximum Gasteiger partial charge on any atom is 0.433 e. The second-order valence-corrected chi connectivity index (χ2v) is 5.12. The first-order valence-electron chi connectivity index (χ1n) is 6.19. The molecule has 1 aromatic heterocycles. The number of aromatic nitrogens is 1. The van der Waals surface area contributed by atoms with Gasteiger partial charge in [0.1, 0.15) is 17.0 Å². The SMILES string of the molecule is Cc1cccc(C(O)c2ccc(C(F)(F)F)nc2Cl)c1C. The number of hydrogen-bond acceptors (Lipinski definition) is 2. The lowest BCUT2D eigenvalue weighted by Crippen LogP contribution is -2.10. The van der Waals surface area contributed by atoms with Crippen LogP contribution in [0.25, 0.3) is 0 Å². The van der Waals surface area contributed by atoms with E-state index < -0.39 is 18.0 Å². The van der Waals surface area contributed by atoms with Crippen molar-refractivity contribution >= 4 is 11.6 Å². The molecular formula is C15H13ClF3NO. The zero-order valence-corrected chi connectivity index (χ0v) is 12.1. The van der Waals surface area contributed by atoms with Gasteiger partial charge in [-0.25, -0.2) is 4.98 Å². The molecule has 0 amide bonds. The number of alkyl halides is 3. The van der Waals surface area contributed by atoms with E-state index in [1.165, 1.54) is 0 Å². The van der Waals surface area contributed by atoms with Crippen LogP contribution in [0.5, 0.6) is 0 Å². The fourth-order valence-electron chi connectivity index (χ4n) is 2.04. The highest BCUT2D eigenvalue weighted by molar-refractivity contribution is 6.30. The summed E-state index contributed by atoms with van der Waals surface area (Å²) in [5.41, 5.74) is 1.50. The van der Waals surface area contributed by atoms with Gasteiger partial charge in [-0.05, 0) is 36.6 Å². The lowest BCUT2D eigenvalue weighted by Gasteiger charge is -2.17. The molecule has 1 unspecified atom stereocenters. The van der Waals surface area contributed by atoms with Crippen molar-refractivity contribution < 1.29 is 18.3 Å². The highest BCUT2D eigenvalue weighted by atomic mass is 35.5. The van der Waals surface area contributed by atoms with Gasteiger partial charge in [0.05, 0.1) is 0 Å². The van der Waals surface area contributed by atoms with Crippen molar-refractivity contribution in [2.45, 2.75) is 26.1 Å². The van der Waals surface area contributed by atoms with Gasteiger partial charge in [-0.2, -0.15) is 13.2 Å². The van der Waals surface area contributed by atoms with Gasteiger partial charge in [0.15, 0.2) is 0 Å². The highest BCUT2D eigenvalue weighted by Crippen LogP contribution is 2.34.